The molecule has 0 atom stereocenters. The van der Waals surface area contributed by atoms with Crippen molar-refractivity contribution in [1.29, 1.82) is 0 Å². The molecular weight excluding hydrogens is 280 g/mol. The molecule has 0 saturated carbocycles. The van der Waals surface area contributed by atoms with Crippen molar-refractivity contribution in [3.63, 3.8) is 0 Å². The number of hydrogen-bond donors (Lipinski definition) is 0. The maximum Gasteiger partial charge on any atom is 0.135 e. The zero-order valence-electron chi connectivity index (χ0n) is 12.7. The van der Waals surface area contributed by atoms with Gasteiger partial charge in [-0.25, -0.2) is 0 Å². The van der Waals surface area contributed by atoms with Gasteiger partial charge in [0.2, 0.25) is 0 Å². The minimum Gasteiger partial charge on any atom is -0.457 e. The Morgan fingerprint density at radius 2 is 1.52 bits per heavy atom. The first-order chi connectivity index (χ1) is 11.3. The SMILES string of the molecule is C=Cc1ccccc1/C=C/c1cc2c(ccc3ccccc32)o1. The molecule has 0 aliphatic carbocycles. The van der Waals surface area contributed by atoms with Crippen LogP contribution in [-0.2, 0) is 0 Å². The Bertz CT molecular complexity index is 1030. The lowest BCUT2D eigenvalue weighted by Gasteiger charge is -1.98. The third kappa shape index (κ3) is 2.47. The highest BCUT2D eigenvalue weighted by Crippen LogP contribution is 2.29. The Labute approximate surface area is 135 Å². The lowest BCUT2D eigenvalue weighted by Crippen LogP contribution is -1.77. The molecular formula is C22H16O. The van der Waals surface area contributed by atoms with Crippen LogP contribution < -0.4 is 0 Å². The van der Waals surface area contributed by atoms with E-state index in [2.05, 4.69) is 61.2 Å². The van der Waals surface area contributed by atoms with Gasteiger partial charge in [0.15, 0.2) is 0 Å². The average Bonchev–Trinajstić information content (AvgIpc) is 3.04. The monoisotopic (exact) mass is 296 g/mol. The first kappa shape index (κ1) is 13.6. The van der Waals surface area contributed by atoms with Crippen LogP contribution in [0.4, 0.5) is 0 Å². The maximum absolute atomic E-state index is 5.96. The molecule has 4 rings (SSSR count). The molecule has 0 amide bonds. The van der Waals surface area contributed by atoms with Gasteiger partial charge in [0.25, 0.3) is 0 Å². The van der Waals surface area contributed by atoms with Crippen molar-refractivity contribution in [2.24, 2.45) is 0 Å². The van der Waals surface area contributed by atoms with Crippen LogP contribution >= 0.6 is 0 Å². The lowest BCUT2D eigenvalue weighted by atomic mass is 10.1. The normalized spacial score (nSPS) is 11.5. The van der Waals surface area contributed by atoms with Crippen molar-refractivity contribution in [1.82, 2.24) is 0 Å². The number of rotatable bonds is 3. The fourth-order valence-corrected chi connectivity index (χ4v) is 2.91. The van der Waals surface area contributed by atoms with Gasteiger partial charge in [0.05, 0.1) is 0 Å². The molecule has 1 heterocycles. The standard InChI is InChI=1S/C22H16O/c1-2-16-7-3-4-8-17(16)11-13-19-15-21-20-10-6-5-9-18(20)12-14-22(21)23-19/h2-15H,1H2/b13-11+. The Morgan fingerprint density at radius 3 is 2.39 bits per heavy atom. The highest BCUT2D eigenvalue weighted by atomic mass is 16.3. The molecule has 0 aliphatic rings. The Hall–Kier alpha value is -3.06. The second-order valence-electron chi connectivity index (χ2n) is 5.51. The molecule has 0 spiro atoms. The van der Waals surface area contributed by atoms with E-state index in [9.17, 15) is 0 Å². The van der Waals surface area contributed by atoms with E-state index in [0.29, 0.717) is 0 Å². The van der Waals surface area contributed by atoms with Crippen LogP contribution in [0.5, 0.6) is 0 Å². The third-order valence-electron chi connectivity index (χ3n) is 4.09. The van der Waals surface area contributed by atoms with E-state index in [0.717, 1.165) is 27.9 Å². The van der Waals surface area contributed by atoms with Crippen LogP contribution in [0.1, 0.15) is 16.9 Å². The molecule has 3 aromatic carbocycles. The van der Waals surface area contributed by atoms with Crippen LogP contribution in [0.25, 0.3) is 40.0 Å². The zero-order chi connectivity index (χ0) is 15.6. The topological polar surface area (TPSA) is 13.1 Å². The average molecular weight is 296 g/mol. The van der Waals surface area contributed by atoms with Gasteiger partial charge in [-0.3, -0.25) is 0 Å². The molecule has 0 N–H and O–H groups in total. The summed E-state index contributed by atoms with van der Waals surface area (Å²) in [6, 6.07) is 22.8. The van der Waals surface area contributed by atoms with E-state index in [1.807, 2.05) is 30.4 Å². The maximum atomic E-state index is 5.96. The fourth-order valence-electron chi connectivity index (χ4n) is 2.91. The highest BCUT2D eigenvalue weighted by molar-refractivity contribution is 6.06. The number of hydrogen-bond acceptors (Lipinski definition) is 1. The summed E-state index contributed by atoms with van der Waals surface area (Å²) in [5.41, 5.74) is 3.17. The van der Waals surface area contributed by atoms with Gasteiger partial charge >= 0.3 is 0 Å². The summed E-state index contributed by atoms with van der Waals surface area (Å²) >= 11 is 0. The molecule has 110 valence electrons. The summed E-state index contributed by atoms with van der Waals surface area (Å²) in [5, 5.41) is 3.60. The number of furan rings is 1. The third-order valence-corrected chi connectivity index (χ3v) is 4.09. The Balaban J connectivity index is 1.79. The van der Waals surface area contributed by atoms with E-state index >= 15 is 0 Å². The van der Waals surface area contributed by atoms with E-state index in [1.165, 1.54) is 10.8 Å². The lowest BCUT2D eigenvalue weighted by molar-refractivity contribution is 0.605. The van der Waals surface area contributed by atoms with Crippen molar-refractivity contribution < 1.29 is 4.42 Å². The molecule has 0 bridgehead atoms. The molecule has 1 nitrogen and oxygen atoms in total. The van der Waals surface area contributed by atoms with Gasteiger partial charge in [0, 0.05) is 5.39 Å². The van der Waals surface area contributed by atoms with Crippen LogP contribution in [0, 0.1) is 0 Å². The van der Waals surface area contributed by atoms with Crippen molar-refractivity contribution in [3.05, 3.63) is 90.2 Å². The summed E-state index contributed by atoms with van der Waals surface area (Å²) in [7, 11) is 0. The largest absolute Gasteiger partial charge is 0.457 e. The van der Waals surface area contributed by atoms with Crippen LogP contribution in [0.2, 0.25) is 0 Å². The summed E-state index contributed by atoms with van der Waals surface area (Å²) in [6.45, 7) is 3.86. The smallest absolute Gasteiger partial charge is 0.135 e. The van der Waals surface area contributed by atoms with Crippen molar-refractivity contribution in [2.75, 3.05) is 0 Å². The summed E-state index contributed by atoms with van der Waals surface area (Å²) in [5.74, 6) is 0.857. The highest BCUT2D eigenvalue weighted by Gasteiger charge is 2.05. The molecule has 4 aromatic rings. The van der Waals surface area contributed by atoms with Crippen molar-refractivity contribution in [2.45, 2.75) is 0 Å². The van der Waals surface area contributed by atoms with Crippen molar-refractivity contribution >= 4 is 40.0 Å². The fraction of sp³-hybridized carbons (Fsp3) is 0. The molecule has 0 aliphatic heterocycles. The first-order valence-corrected chi connectivity index (χ1v) is 7.66. The molecule has 23 heavy (non-hydrogen) atoms. The first-order valence-electron chi connectivity index (χ1n) is 7.66. The van der Waals surface area contributed by atoms with Crippen molar-refractivity contribution in [3.8, 4) is 0 Å². The van der Waals surface area contributed by atoms with E-state index < -0.39 is 0 Å². The zero-order valence-corrected chi connectivity index (χ0v) is 12.7. The van der Waals surface area contributed by atoms with Crippen LogP contribution in [0.15, 0.2) is 77.7 Å². The van der Waals surface area contributed by atoms with Gasteiger partial charge in [-0.2, -0.15) is 0 Å². The molecule has 1 heteroatoms. The van der Waals surface area contributed by atoms with E-state index in [4.69, 9.17) is 4.42 Å². The summed E-state index contributed by atoms with van der Waals surface area (Å²) < 4.78 is 5.96. The Kier molecular flexibility index (Phi) is 3.32. The molecule has 0 unspecified atom stereocenters. The summed E-state index contributed by atoms with van der Waals surface area (Å²) in [6.07, 6.45) is 5.94. The van der Waals surface area contributed by atoms with Gasteiger partial charge in [-0.15, -0.1) is 0 Å². The molecule has 0 saturated heterocycles. The second kappa shape index (κ2) is 5.62. The van der Waals surface area contributed by atoms with E-state index in [1.54, 1.807) is 0 Å². The Morgan fingerprint density at radius 1 is 0.739 bits per heavy atom. The minimum absolute atomic E-state index is 0.857. The van der Waals surface area contributed by atoms with Gasteiger partial charge in [0.1, 0.15) is 11.3 Å². The predicted octanol–water partition coefficient (Wildman–Crippen LogP) is 6.40. The van der Waals surface area contributed by atoms with Gasteiger partial charge in [-0.05, 0) is 40.1 Å². The summed E-state index contributed by atoms with van der Waals surface area (Å²) in [4.78, 5) is 0. The number of benzene rings is 3. The van der Waals surface area contributed by atoms with Crippen LogP contribution in [-0.4, -0.2) is 0 Å². The minimum atomic E-state index is 0.857. The second-order valence-corrected chi connectivity index (χ2v) is 5.51. The quantitative estimate of drug-likeness (QED) is 0.426. The van der Waals surface area contributed by atoms with Crippen LogP contribution in [0.3, 0.4) is 0 Å². The molecule has 1 aromatic heterocycles. The predicted molar refractivity (Wildman–Crippen MR) is 99.2 cm³/mol. The molecule has 0 fully saturated rings. The molecule has 0 radical (unpaired) electrons. The van der Waals surface area contributed by atoms with Gasteiger partial charge in [-0.1, -0.05) is 73.3 Å². The van der Waals surface area contributed by atoms with Gasteiger partial charge < -0.3 is 4.42 Å². The number of fused-ring (bicyclic) bond motifs is 3. The van der Waals surface area contributed by atoms with E-state index in [-0.39, 0.29) is 0 Å².